The van der Waals surface area contributed by atoms with Crippen molar-refractivity contribution in [3.05, 3.63) is 46.7 Å². The maximum atomic E-state index is 5.84. The summed E-state index contributed by atoms with van der Waals surface area (Å²) in [4.78, 5) is 8.62. The number of nitrogen functional groups attached to an aromatic ring is 1. The van der Waals surface area contributed by atoms with E-state index in [4.69, 9.17) is 17.4 Å². The van der Waals surface area contributed by atoms with Crippen molar-refractivity contribution < 1.29 is 0 Å². The van der Waals surface area contributed by atoms with Gasteiger partial charge in [0.15, 0.2) is 0 Å². The molecule has 0 atom stereocenters. The van der Waals surface area contributed by atoms with Crippen LogP contribution in [0.25, 0.3) is 0 Å². The Morgan fingerprint density at radius 2 is 1.84 bits per heavy atom. The molecule has 19 heavy (non-hydrogen) atoms. The predicted molar refractivity (Wildman–Crippen MR) is 78.0 cm³/mol. The number of nitrogens with zero attached hydrogens (tertiary/aromatic N) is 2. The van der Waals surface area contributed by atoms with Gasteiger partial charge in [0.25, 0.3) is 0 Å². The average molecular weight is 278 g/mol. The SMILES string of the molecule is CCc1nc(NN)cc(NCc2ccc(Cl)cc2)n1. The molecule has 5 nitrogen and oxygen atoms in total. The summed E-state index contributed by atoms with van der Waals surface area (Å²) < 4.78 is 0. The molecule has 0 saturated heterocycles. The van der Waals surface area contributed by atoms with Crippen LogP contribution in [-0.4, -0.2) is 9.97 Å². The molecular weight excluding hydrogens is 262 g/mol. The van der Waals surface area contributed by atoms with E-state index in [1.807, 2.05) is 31.2 Å². The largest absolute Gasteiger partial charge is 0.366 e. The summed E-state index contributed by atoms with van der Waals surface area (Å²) in [6.45, 7) is 2.67. The van der Waals surface area contributed by atoms with Crippen LogP contribution in [0.4, 0.5) is 11.6 Å². The number of benzene rings is 1. The van der Waals surface area contributed by atoms with Gasteiger partial charge in [0.05, 0.1) is 0 Å². The second-order valence-corrected chi connectivity index (χ2v) is 4.47. The van der Waals surface area contributed by atoms with E-state index in [1.165, 1.54) is 0 Å². The van der Waals surface area contributed by atoms with Gasteiger partial charge in [-0.2, -0.15) is 0 Å². The maximum absolute atomic E-state index is 5.84. The molecule has 4 N–H and O–H groups in total. The van der Waals surface area contributed by atoms with Crippen LogP contribution in [-0.2, 0) is 13.0 Å². The summed E-state index contributed by atoms with van der Waals surface area (Å²) in [5, 5.41) is 3.97. The number of nitrogens with one attached hydrogen (secondary N) is 2. The van der Waals surface area contributed by atoms with E-state index in [0.717, 1.165) is 28.6 Å². The Kier molecular flexibility index (Phi) is 4.54. The lowest BCUT2D eigenvalue weighted by molar-refractivity contribution is 0.931. The second-order valence-electron chi connectivity index (χ2n) is 4.03. The van der Waals surface area contributed by atoms with Gasteiger partial charge < -0.3 is 10.7 Å². The molecule has 1 heterocycles. The molecule has 0 aliphatic heterocycles. The third kappa shape index (κ3) is 3.81. The first kappa shape index (κ1) is 13.6. The first-order valence-electron chi connectivity index (χ1n) is 6.04. The lowest BCUT2D eigenvalue weighted by atomic mass is 10.2. The Hall–Kier alpha value is -1.85. The van der Waals surface area contributed by atoms with Crippen molar-refractivity contribution in [2.75, 3.05) is 10.7 Å². The van der Waals surface area contributed by atoms with Crippen LogP contribution in [0.3, 0.4) is 0 Å². The Bertz CT molecular complexity index is 519. The Labute approximate surface area is 117 Å². The van der Waals surface area contributed by atoms with Gasteiger partial charge in [-0.05, 0) is 17.7 Å². The zero-order valence-corrected chi connectivity index (χ0v) is 11.4. The van der Waals surface area contributed by atoms with Crippen molar-refractivity contribution in [2.45, 2.75) is 19.9 Å². The maximum Gasteiger partial charge on any atom is 0.145 e. The molecule has 0 fully saturated rings. The van der Waals surface area contributed by atoms with E-state index in [1.54, 1.807) is 6.07 Å². The highest BCUT2D eigenvalue weighted by Crippen LogP contribution is 2.14. The molecule has 0 saturated carbocycles. The molecule has 1 aromatic heterocycles. The van der Waals surface area contributed by atoms with Gasteiger partial charge in [-0.3, -0.25) is 0 Å². The van der Waals surface area contributed by atoms with Crippen molar-refractivity contribution in [1.82, 2.24) is 9.97 Å². The molecule has 100 valence electrons. The van der Waals surface area contributed by atoms with E-state index in [2.05, 4.69) is 20.7 Å². The van der Waals surface area contributed by atoms with Crippen molar-refractivity contribution in [1.29, 1.82) is 0 Å². The average Bonchev–Trinajstić information content (AvgIpc) is 2.46. The van der Waals surface area contributed by atoms with Gasteiger partial charge in [0, 0.05) is 24.1 Å². The zero-order valence-electron chi connectivity index (χ0n) is 10.7. The van der Waals surface area contributed by atoms with Crippen molar-refractivity contribution in [3.8, 4) is 0 Å². The lowest BCUT2D eigenvalue weighted by Crippen LogP contribution is -2.12. The molecule has 6 heteroatoms. The molecule has 0 radical (unpaired) electrons. The number of hydrogen-bond donors (Lipinski definition) is 3. The van der Waals surface area contributed by atoms with Crippen LogP contribution in [0.2, 0.25) is 5.02 Å². The number of halogens is 1. The number of hydrazine groups is 1. The minimum Gasteiger partial charge on any atom is -0.366 e. The first-order chi connectivity index (χ1) is 9.21. The number of hydrogen-bond acceptors (Lipinski definition) is 5. The Morgan fingerprint density at radius 3 is 2.47 bits per heavy atom. The number of rotatable bonds is 5. The van der Waals surface area contributed by atoms with Gasteiger partial charge in [-0.25, -0.2) is 15.8 Å². The summed E-state index contributed by atoms with van der Waals surface area (Å²) in [5.74, 6) is 7.48. The minimum absolute atomic E-state index is 0.602. The highest BCUT2D eigenvalue weighted by molar-refractivity contribution is 6.30. The Morgan fingerprint density at radius 1 is 1.16 bits per heavy atom. The summed E-state index contributed by atoms with van der Waals surface area (Å²) in [6.07, 6.45) is 0.755. The third-order valence-corrected chi connectivity index (χ3v) is 2.88. The van der Waals surface area contributed by atoms with E-state index >= 15 is 0 Å². The highest BCUT2D eigenvalue weighted by atomic mass is 35.5. The molecule has 0 aliphatic rings. The Balaban J connectivity index is 2.08. The molecule has 0 amide bonds. The fourth-order valence-electron chi connectivity index (χ4n) is 1.61. The van der Waals surface area contributed by atoms with Gasteiger partial charge >= 0.3 is 0 Å². The van der Waals surface area contributed by atoms with Crippen molar-refractivity contribution in [2.24, 2.45) is 5.84 Å². The fraction of sp³-hybridized carbons (Fsp3) is 0.231. The zero-order chi connectivity index (χ0) is 13.7. The summed E-state index contributed by atoms with van der Waals surface area (Å²) in [7, 11) is 0. The number of aromatic nitrogens is 2. The summed E-state index contributed by atoms with van der Waals surface area (Å²) in [6, 6.07) is 9.44. The molecular formula is C13H16ClN5. The molecule has 0 aliphatic carbocycles. The molecule has 0 bridgehead atoms. The van der Waals surface area contributed by atoms with E-state index in [9.17, 15) is 0 Å². The third-order valence-electron chi connectivity index (χ3n) is 2.62. The minimum atomic E-state index is 0.602. The van der Waals surface area contributed by atoms with Crippen LogP contribution in [0.5, 0.6) is 0 Å². The number of anilines is 2. The van der Waals surface area contributed by atoms with E-state index in [0.29, 0.717) is 12.4 Å². The quantitative estimate of drug-likeness (QED) is 0.578. The predicted octanol–water partition coefficient (Wildman–Crippen LogP) is 2.59. The normalized spacial score (nSPS) is 10.3. The standard InChI is InChI=1S/C13H16ClN5/c1-2-11-17-12(7-13(18-11)19-15)16-8-9-3-5-10(14)6-4-9/h3-7H,2,8,15H2,1H3,(H2,16,17,18,19). The van der Waals surface area contributed by atoms with Crippen molar-refractivity contribution in [3.63, 3.8) is 0 Å². The molecule has 0 unspecified atom stereocenters. The van der Waals surface area contributed by atoms with Gasteiger partial charge in [-0.15, -0.1) is 0 Å². The number of nitrogens with two attached hydrogens (primary N) is 1. The number of aryl methyl sites for hydroxylation is 1. The second kappa shape index (κ2) is 6.36. The fourth-order valence-corrected chi connectivity index (χ4v) is 1.74. The van der Waals surface area contributed by atoms with Crippen LogP contribution in [0.1, 0.15) is 18.3 Å². The van der Waals surface area contributed by atoms with Gasteiger partial charge in [0.2, 0.25) is 0 Å². The van der Waals surface area contributed by atoms with Gasteiger partial charge in [-0.1, -0.05) is 30.7 Å². The lowest BCUT2D eigenvalue weighted by Gasteiger charge is -2.09. The highest BCUT2D eigenvalue weighted by Gasteiger charge is 2.02. The molecule has 1 aromatic carbocycles. The summed E-state index contributed by atoms with van der Waals surface area (Å²) in [5.41, 5.74) is 3.67. The smallest absolute Gasteiger partial charge is 0.145 e. The summed E-state index contributed by atoms with van der Waals surface area (Å²) >= 11 is 5.84. The van der Waals surface area contributed by atoms with Crippen LogP contribution >= 0.6 is 11.6 Å². The topological polar surface area (TPSA) is 75.9 Å². The first-order valence-corrected chi connectivity index (χ1v) is 6.42. The molecule has 2 aromatic rings. The molecule has 0 spiro atoms. The molecule has 2 rings (SSSR count). The van der Waals surface area contributed by atoms with E-state index < -0.39 is 0 Å². The van der Waals surface area contributed by atoms with Crippen LogP contribution in [0.15, 0.2) is 30.3 Å². The van der Waals surface area contributed by atoms with Gasteiger partial charge in [0.1, 0.15) is 17.5 Å². The van der Waals surface area contributed by atoms with Crippen LogP contribution in [0, 0.1) is 0 Å². The van der Waals surface area contributed by atoms with E-state index in [-0.39, 0.29) is 0 Å². The van der Waals surface area contributed by atoms with Crippen LogP contribution < -0.4 is 16.6 Å². The van der Waals surface area contributed by atoms with Crippen molar-refractivity contribution >= 4 is 23.2 Å². The monoisotopic (exact) mass is 277 g/mol.